The highest BCUT2D eigenvalue weighted by Crippen LogP contribution is 2.11. The van der Waals surface area contributed by atoms with E-state index < -0.39 is 0 Å². The molecule has 0 aromatic heterocycles. The molecular formula is C15H24N2. The summed E-state index contributed by atoms with van der Waals surface area (Å²) in [4.78, 5) is 0. The average molecular weight is 232 g/mol. The van der Waals surface area contributed by atoms with Crippen LogP contribution in [0.3, 0.4) is 0 Å². The van der Waals surface area contributed by atoms with Crippen LogP contribution < -0.4 is 10.6 Å². The van der Waals surface area contributed by atoms with E-state index in [0.29, 0.717) is 0 Å². The Balaban J connectivity index is 1.46. The van der Waals surface area contributed by atoms with Crippen molar-refractivity contribution in [2.45, 2.75) is 44.7 Å². The van der Waals surface area contributed by atoms with Crippen LogP contribution in [0, 0.1) is 0 Å². The van der Waals surface area contributed by atoms with Crippen molar-refractivity contribution in [2.75, 3.05) is 13.1 Å². The molecule has 1 aromatic carbocycles. The van der Waals surface area contributed by atoms with Crippen molar-refractivity contribution < 1.29 is 0 Å². The fourth-order valence-electron chi connectivity index (χ4n) is 2.47. The van der Waals surface area contributed by atoms with Crippen LogP contribution in [0.2, 0.25) is 0 Å². The Kier molecular flexibility index (Phi) is 5.53. The van der Waals surface area contributed by atoms with E-state index in [1.165, 1.54) is 44.2 Å². The van der Waals surface area contributed by atoms with E-state index in [1.807, 2.05) is 0 Å². The minimum Gasteiger partial charge on any atom is -0.314 e. The lowest BCUT2D eigenvalue weighted by Gasteiger charge is -2.09. The minimum atomic E-state index is 0.809. The van der Waals surface area contributed by atoms with Gasteiger partial charge in [-0.25, -0.2) is 0 Å². The van der Waals surface area contributed by atoms with Crippen molar-refractivity contribution in [3.63, 3.8) is 0 Å². The molecule has 1 aliphatic rings. The number of benzene rings is 1. The monoisotopic (exact) mass is 232 g/mol. The number of hydrogen-bond donors (Lipinski definition) is 2. The van der Waals surface area contributed by atoms with Crippen LogP contribution in [-0.2, 0) is 6.54 Å². The molecule has 0 saturated carbocycles. The van der Waals surface area contributed by atoms with Crippen LogP contribution in [0.5, 0.6) is 0 Å². The molecule has 1 aliphatic heterocycles. The second kappa shape index (κ2) is 7.46. The van der Waals surface area contributed by atoms with E-state index >= 15 is 0 Å². The molecule has 0 amide bonds. The van der Waals surface area contributed by atoms with E-state index in [0.717, 1.165) is 19.1 Å². The second-order valence-electron chi connectivity index (χ2n) is 4.95. The Morgan fingerprint density at radius 1 is 1.18 bits per heavy atom. The van der Waals surface area contributed by atoms with Gasteiger partial charge in [0, 0.05) is 12.6 Å². The van der Waals surface area contributed by atoms with Gasteiger partial charge in [-0.05, 0) is 44.3 Å². The highest BCUT2D eigenvalue weighted by atomic mass is 14.9. The summed E-state index contributed by atoms with van der Waals surface area (Å²) in [5.41, 5.74) is 1.38. The molecule has 1 aromatic rings. The van der Waals surface area contributed by atoms with Gasteiger partial charge in [0.15, 0.2) is 0 Å². The Morgan fingerprint density at radius 2 is 2.06 bits per heavy atom. The van der Waals surface area contributed by atoms with E-state index in [-0.39, 0.29) is 0 Å². The molecule has 1 fully saturated rings. The molecule has 0 aliphatic carbocycles. The third-order valence-corrected chi connectivity index (χ3v) is 3.49. The summed E-state index contributed by atoms with van der Waals surface area (Å²) in [5.74, 6) is 0. The molecule has 17 heavy (non-hydrogen) atoms. The van der Waals surface area contributed by atoms with Crippen molar-refractivity contribution >= 4 is 0 Å². The maximum atomic E-state index is 3.55. The number of hydrogen-bond acceptors (Lipinski definition) is 2. The molecule has 0 radical (unpaired) electrons. The Morgan fingerprint density at radius 3 is 2.82 bits per heavy atom. The van der Waals surface area contributed by atoms with Gasteiger partial charge in [-0.2, -0.15) is 0 Å². The van der Waals surface area contributed by atoms with Crippen LogP contribution in [0.15, 0.2) is 30.3 Å². The van der Waals surface area contributed by atoms with Gasteiger partial charge in [0.25, 0.3) is 0 Å². The first-order valence-corrected chi connectivity index (χ1v) is 6.93. The average Bonchev–Trinajstić information content (AvgIpc) is 2.88. The standard InChI is InChI=1S/C15H24N2/c1-2-7-14(8-3-1)13-16-11-5-4-9-15-10-6-12-17-15/h1-3,7-8,15-17H,4-6,9-13H2/t15-/m1/s1. The van der Waals surface area contributed by atoms with Gasteiger partial charge in [0.1, 0.15) is 0 Å². The SMILES string of the molecule is c1ccc(CNCCCC[C@@H]2CCCN2)cc1. The van der Waals surface area contributed by atoms with Crippen molar-refractivity contribution in [1.82, 2.24) is 10.6 Å². The van der Waals surface area contributed by atoms with Gasteiger partial charge >= 0.3 is 0 Å². The first-order chi connectivity index (χ1) is 8.45. The summed E-state index contributed by atoms with van der Waals surface area (Å²) >= 11 is 0. The lowest BCUT2D eigenvalue weighted by molar-refractivity contribution is 0.510. The van der Waals surface area contributed by atoms with Crippen LogP contribution in [0.1, 0.15) is 37.7 Å². The predicted molar refractivity (Wildman–Crippen MR) is 73.0 cm³/mol. The van der Waals surface area contributed by atoms with Crippen LogP contribution in [-0.4, -0.2) is 19.1 Å². The zero-order chi connectivity index (χ0) is 11.8. The van der Waals surface area contributed by atoms with Crippen molar-refractivity contribution in [3.05, 3.63) is 35.9 Å². The fraction of sp³-hybridized carbons (Fsp3) is 0.600. The van der Waals surface area contributed by atoms with E-state index in [1.54, 1.807) is 0 Å². The zero-order valence-corrected chi connectivity index (χ0v) is 10.6. The molecule has 2 rings (SSSR count). The second-order valence-corrected chi connectivity index (χ2v) is 4.95. The Hall–Kier alpha value is -0.860. The first kappa shape index (κ1) is 12.6. The summed E-state index contributed by atoms with van der Waals surface area (Å²) in [5, 5.41) is 7.06. The summed E-state index contributed by atoms with van der Waals surface area (Å²) in [6, 6.07) is 11.4. The molecule has 0 spiro atoms. The number of nitrogens with one attached hydrogen (secondary N) is 2. The van der Waals surface area contributed by atoms with E-state index in [4.69, 9.17) is 0 Å². The molecular weight excluding hydrogens is 208 g/mol. The molecule has 1 heterocycles. The number of rotatable bonds is 7. The van der Waals surface area contributed by atoms with Crippen LogP contribution in [0.4, 0.5) is 0 Å². The highest BCUT2D eigenvalue weighted by molar-refractivity contribution is 5.14. The van der Waals surface area contributed by atoms with Gasteiger partial charge in [-0.1, -0.05) is 36.8 Å². The molecule has 2 nitrogen and oxygen atoms in total. The first-order valence-electron chi connectivity index (χ1n) is 6.93. The van der Waals surface area contributed by atoms with E-state index in [9.17, 15) is 0 Å². The van der Waals surface area contributed by atoms with Crippen molar-refractivity contribution in [3.8, 4) is 0 Å². The molecule has 0 unspecified atom stereocenters. The van der Waals surface area contributed by atoms with Crippen LogP contribution >= 0.6 is 0 Å². The maximum Gasteiger partial charge on any atom is 0.0205 e. The van der Waals surface area contributed by atoms with Gasteiger partial charge in [-0.3, -0.25) is 0 Å². The molecule has 2 N–H and O–H groups in total. The summed E-state index contributed by atoms with van der Waals surface area (Å²) in [6.45, 7) is 3.38. The molecule has 2 heteroatoms. The van der Waals surface area contributed by atoms with Gasteiger partial charge in [-0.15, -0.1) is 0 Å². The third-order valence-electron chi connectivity index (χ3n) is 3.49. The topological polar surface area (TPSA) is 24.1 Å². The Labute approximate surface area is 105 Å². The van der Waals surface area contributed by atoms with E-state index in [2.05, 4.69) is 41.0 Å². The largest absolute Gasteiger partial charge is 0.314 e. The maximum absolute atomic E-state index is 3.55. The van der Waals surface area contributed by atoms with Gasteiger partial charge < -0.3 is 10.6 Å². The predicted octanol–water partition coefficient (Wildman–Crippen LogP) is 2.70. The molecule has 0 bridgehead atoms. The molecule has 1 atom stereocenters. The van der Waals surface area contributed by atoms with Crippen LogP contribution in [0.25, 0.3) is 0 Å². The Bertz CT molecular complexity index is 291. The highest BCUT2D eigenvalue weighted by Gasteiger charge is 2.12. The lowest BCUT2D eigenvalue weighted by Crippen LogP contribution is -2.21. The van der Waals surface area contributed by atoms with Crippen molar-refractivity contribution in [2.24, 2.45) is 0 Å². The summed E-state index contributed by atoms with van der Waals surface area (Å²) < 4.78 is 0. The summed E-state index contributed by atoms with van der Waals surface area (Å²) in [7, 11) is 0. The van der Waals surface area contributed by atoms with Crippen molar-refractivity contribution in [1.29, 1.82) is 0 Å². The zero-order valence-electron chi connectivity index (χ0n) is 10.6. The third kappa shape index (κ3) is 4.88. The molecule has 1 saturated heterocycles. The van der Waals surface area contributed by atoms with Gasteiger partial charge in [0.2, 0.25) is 0 Å². The van der Waals surface area contributed by atoms with Gasteiger partial charge in [0.05, 0.1) is 0 Å². The molecule has 94 valence electrons. The minimum absolute atomic E-state index is 0.809. The smallest absolute Gasteiger partial charge is 0.0205 e. The normalized spacial score (nSPS) is 19.6. The number of unbranched alkanes of at least 4 members (excludes halogenated alkanes) is 1. The quantitative estimate of drug-likeness (QED) is 0.706. The lowest BCUT2D eigenvalue weighted by atomic mass is 10.1. The summed E-state index contributed by atoms with van der Waals surface area (Å²) in [6.07, 6.45) is 6.76. The fourth-order valence-corrected chi connectivity index (χ4v) is 2.47.